The number of imidazole rings is 1. The zero-order chi connectivity index (χ0) is 14.8. The fourth-order valence-electron chi connectivity index (χ4n) is 2.49. The van der Waals surface area contributed by atoms with Crippen molar-refractivity contribution in [1.82, 2.24) is 9.55 Å². The largest absolute Gasteiger partial charge is 0.323 e. The topological polar surface area (TPSA) is 41.6 Å². The average Bonchev–Trinajstić information content (AvgIpc) is 2.76. The van der Waals surface area contributed by atoms with Gasteiger partial charge in [-0.2, -0.15) is 5.26 Å². The maximum atomic E-state index is 9.01. The lowest BCUT2D eigenvalue weighted by atomic mass is 10.2. The van der Waals surface area contributed by atoms with Gasteiger partial charge >= 0.3 is 0 Å². The van der Waals surface area contributed by atoms with E-state index in [1.54, 1.807) is 0 Å². The van der Waals surface area contributed by atoms with Crippen LogP contribution in [0.5, 0.6) is 0 Å². The summed E-state index contributed by atoms with van der Waals surface area (Å²) >= 11 is 6.05. The van der Waals surface area contributed by atoms with E-state index in [1.807, 2.05) is 37.3 Å². The third kappa shape index (κ3) is 2.76. The van der Waals surface area contributed by atoms with Crippen molar-refractivity contribution in [1.29, 1.82) is 5.26 Å². The number of hydrogen-bond acceptors (Lipinski definition) is 2. The van der Waals surface area contributed by atoms with Gasteiger partial charge in [0.05, 0.1) is 23.5 Å². The molecule has 0 fully saturated rings. The first-order chi connectivity index (χ1) is 10.2. The van der Waals surface area contributed by atoms with Crippen LogP contribution < -0.4 is 0 Å². The Morgan fingerprint density at radius 3 is 2.86 bits per heavy atom. The summed E-state index contributed by atoms with van der Waals surface area (Å²) in [5.74, 6) is 0.790. The standard InChI is InChI=1S/C17H14ClN3/c1-12-5-6-16-15(9-12)20-17(7-8-19)21(16)11-13-3-2-4-14(18)10-13/h2-6,9-10H,7,11H2,1H3. The molecular formula is C17H14ClN3. The molecule has 2 aromatic carbocycles. The molecule has 3 nitrogen and oxygen atoms in total. The number of benzene rings is 2. The molecular weight excluding hydrogens is 282 g/mol. The second kappa shape index (κ2) is 5.59. The Kier molecular flexibility index (Phi) is 3.64. The molecule has 0 saturated carbocycles. The monoisotopic (exact) mass is 295 g/mol. The molecule has 0 atom stereocenters. The Morgan fingerprint density at radius 1 is 1.24 bits per heavy atom. The molecule has 0 aliphatic carbocycles. The summed E-state index contributed by atoms with van der Waals surface area (Å²) in [4.78, 5) is 4.59. The molecule has 0 N–H and O–H groups in total. The molecule has 0 saturated heterocycles. The smallest absolute Gasteiger partial charge is 0.124 e. The van der Waals surface area contributed by atoms with Gasteiger partial charge in [0.25, 0.3) is 0 Å². The van der Waals surface area contributed by atoms with Crippen molar-refractivity contribution >= 4 is 22.6 Å². The molecule has 1 aromatic heterocycles. The third-order valence-electron chi connectivity index (χ3n) is 3.45. The predicted molar refractivity (Wildman–Crippen MR) is 84.3 cm³/mol. The van der Waals surface area contributed by atoms with Crippen LogP contribution in [0, 0.1) is 18.3 Å². The molecule has 0 aliphatic rings. The Labute approximate surface area is 128 Å². The highest BCUT2D eigenvalue weighted by Crippen LogP contribution is 2.21. The number of aromatic nitrogens is 2. The lowest BCUT2D eigenvalue weighted by Crippen LogP contribution is -2.04. The molecule has 0 radical (unpaired) electrons. The summed E-state index contributed by atoms with van der Waals surface area (Å²) in [6.07, 6.45) is 0.300. The maximum absolute atomic E-state index is 9.01. The quantitative estimate of drug-likeness (QED) is 0.729. The third-order valence-corrected chi connectivity index (χ3v) is 3.68. The molecule has 0 amide bonds. The summed E-state index contributed by atoms with van der Waals surface area (Å²) in [5, 5.41) is 9.73. The van der Waals surface area contributed by atoms with Crippen LogP contribution in [0.25, 0.3) is 11.0 Å². The number of hydrogen-bond donors (Lipinski definition) is 0. The van der Waals surface area contributed by atoms with Crippen molar-refractivity contribution in [3.8, 4) is 6.07 Å². The van der Waals surface area contributed by atoms with Gasteiger partial charge in [-0.3, -0.25) is 0 Å². The molecule has 1 heterocycles. The minimum absolute atomic E-state index is 0.300. The SMILES string of the molecule is Cc1ccc2c(c1)nc(CC#N)n2Cc1cccc(Cl)c1. The molecule has 0 unspecified atom stereocenters. The maximum Gasteiger partial charge on any atom is 0.124 e. The van der Waals surface area contributed by atoms with Crippen LogP contribution in [0.4, 0.5) is 0 Å². The zero-order valence-electron chi connectivity index (χ0n) is 11.7. The highest BCUT2D eigenvalue weighted by atomic mass is 35.5. The van der Waals surface area contributed by atoms with Crippen molar-refractivity contribution < 1.29 is 0 Å². The van der Waals surface area contributed by atoms with Crippen LogP contribution in [-0.2, 0) is 13.0 Å². The normalized spacial score (nSPS) is 10.7. The number of rotatable bonds is 3. The lowest BCUT2D eigenvalue weighted by Gasteiger charge is -2.08. The summed E-state index contributed by atoms with van der Waals surface area (Å²) in [6.45, 7) is 2.70. The number of nitrogens with zero attached hydrogens (tertiary/aromatic N) is 3. The van der Waals surface area contributed by atoms with Crippen molar-refractivity contribution in [3.63, 3.8) is 0 Å². The Bertz CT molecular complexity index is 843. The first kappa shape index (κ1) is 13.7. The fourth-order valence-corrected chi connectivity index (χ4v) is 2.70. The summed E-state index contributed by atoms with van der Waals surface area (Å²) in [7, 11) is 0. The Hall–Kier alpha value is -2.31. The van der Waals surface area contributed by atoms with Gasteiger partial charge in [-0.05, 0) is 42.3 Å². The first-order valence-electron chi connectivity index (χ1n) is 6.74. The van der Waals surface area contributed by atoms with Gasteiger partial charge in [-0.15, -0.1) is 0 Å². The van der Waals surface area contributed by atoms with Crippen LogP contribution in [-0.4, -0.2) is 9.55 Å². The van der Waals surface area contributed by atoms with Crippen molar-refractivity contribution in [2.45, 2.75) is 19.9 Å². The summed E-state index contributed by atoms with van der Waals surface area (Å²) in [5.41, 5.74) is 4.24. The van der Waals surface area contributed by atoms with Crippen molar-refractivity contribution in [2.75, 3.05) is 0 Å². The van der Waals surface area contributed by atoms with Gasteiger partial charge in [0.1, 0.15) is 5.82 Å². The van der Waals surface area contributed by atoms with E-state index in [-0.39, 0.29) is 0 Å². The van der Waals surface area contributed by atoms with E-state index in [0.29, 0.717) is 13.0 Å². The van der Waals surface area contributed by atoms with Crippen LogP contribution in [0.2, 0.25) is 5.02 Å². The minimum Gasteiger partial charge on any atom is -0.323 e. The van der Waals surface area contributed by atoms with Crippen LogP contribution in [0.1, 0.15) is 17.0 Å². The van der Waals surface area contributed by atoms with Crippen LogP contribution >= 0.6 is 11.6 Å². The van der Waals surface area contributed by atoms with Crippen molar-refractivity contribution in [3.05, 3.63) is 64.4 Å². The van der Waals surface area contributed by atoms with E-state index < -0.39 is 0 Å². The zero-order valence-corrected chi connectivity index (χ0v) is 12.4. The molecule has 3 rings (SSSR count). The fraction of sp³-hybridized carbons (Fsp3) is 0.176. The van der Waals surface area contributed by atoms with E-state index in [4.69, 9.17) is 16.9 Å². The highest BCUT2D eigenvalue weighted by molar-refractivity contribution is 6.30. The first-order valence-corrected chi connectivity index (χ1v) is 7.12. The average molecular weight is 296 g/mol. The van der Waals surface area contributed by atoms with Gasteiger partial charge < -0.3 is 4.57 Å². The summed E-state index contributed by atoms with van der Waals surface area (Å²) < 4.78 is 2.09. The Morgan fingerprint density at radius 2 is 2.10 bits per heavy atom. The predicted octanol–water partition coefficient (Wildman–Crippen LogP) is 4.11. The van der Waals surface area contributed by atoms with Gasteiger partial charge in [-0.25, -0.2) is 4.98 Å². The van der Waals surface area contributed by atoms with Gasteiger partial charge in [-0.1, -0.05) is 29.8 Å². The number of aryl methyl sites for hydroxylation is 1. The number of nitriles is 1. The van der Waals surface area contributed by atoms with Crippen LogP contribution in [0.15, 0.2) is 42.5 Å². The van der Waals surface area contributed by atoms with Gasteiger partial charge in [0.2, 0.25) is 0 Å². The van der Waals surface area contributed by atoms with Gasteiger partial charge in [0.15, 0.2) is 0 Å². The van der Waals surface area contributed by atoms with E-state index in [9.17, 15) is 0 Å². The lowest BCUT2D eigenvalue weighted by molar-refractivity contribution is 0.769. The second-order valence-electron chi connectivity index (χ2n) is 5.07. The van der Waals surface area contributed by atoms with E-state index in [0.717, 1.165) is 27.4 Å². The highest BCUT2D eigenvalue weighted by Gasteiger charge is 2.11. The van der Waals surface area contributed by atoms with Gasteiger partial charge in [0, 0.05) is 11.6 Å². The van der Waals surface area contributed by atoms with E-state index >= 15 is 0 Å². The second-order valence-corrected chi connectivity index (χ2v) is 5.51. The molecule has 4 heteroatoms. The molecule has 3 aromatic rings. The van der Waals surface area contributed by atoms with Crippen molar-refractivity contribution in [2.24, 2.45) is 0 Å². The molecule has 0 spiro atoms. The van der Waals surface area contributed by atoms with Crippen LogP contribution in [0.3, 0.4) is 0 Å². The summed E-state index contributed by atoms with van der Waals surface area (Å²) in [6, 6.07) is 16.1. The van der Waals surface area contributed by atoms with E-state index in [1.165, 1.54) is 5.56 Å². The van der Waals surface area contributed by atoms with E-state index in [2.05, 4.69) is 27.8 Å². The number of fused-ring (bicyclic) bond motifs is 1. The number of halogens is 1. The molecule has 104 valence electrons. The minimum atomic E-state index is 0.300. The molecule has 21 heavy (non-hydrogen) atoms. The molecule has 0 aliphatic heterocycles. The molecule has 0 bridgehead atoms. The Balaban J connectivity index is 2.11.